The largest absolute Gasteiger partial charge is 0.506 e. The molecule has 0 atom stereocenters. The van der Waals surface area contributed by atoms with Gasteiger partial charge in [0.25, 0.3) is 0 Å². The Balaban J connectivity index is 1.92. The fourth-order valence-corrected chi connectivity index (χ4v) is 4.20. The molecule has 0 aliphatic heterocycles. The van der Waals surface area contributed by atoms with E-state index in [2.05, 4.69) is 30.3 Å². The van der Waals surface area contributed by atoms with E-state index in [0.29, 0.717) is 5.02 Å². The van der Waals surface area contributed by atoms with Crippen molar-refractivity contribution in [3.8, 4) is 5.75 Å². The third-order valence-corrected chi connectivity index (χ3v) is 5.32. The maximum Gasteiger partial charge on any atom is 0.142 e. The van der Waals surface area contributed by atoms with Crippen LogP contribution in [-0.4, -0.2) is 5.11 Å². The number of hydrogen-bond acceptors (Lipinski definition) is 2. The van der Waals surface area contributed by atoms with E-state index in [1.165, 1.54) is 15.7 Å². The van der Waals surface area contributed by atoms with Crippen LogP contribution in [0.15, 0.2) is 82.6 Å². The van der Waals surface area contributed by atoms with Crippen molar-refractivity contribution in [3.63, 3.8) is 0 Å². The summed E-state index contributed by atoms with van der Waals surface area (Å²) < 4.78 is 0. The van der Waals surface area contributed by atoms with E-state index in [-0.39, 0.29) is 5.75 Å². The molecule has 0 aromatic heterocycles. The van der Waals surface area contributed by atoms with Gasteiger partial charge in [-0.05, 0) is 28.3 Å². The van der Waals surface area contributed by atoms with Gasteiger partial charge in [-0.2, -0.15) is 0 Å². The van der Waals surface area contributed by atoms with Crippen molar-refractivity contribution in [1.82, 2.24) is 0 Å². The molecule has 0 saturated carbocycles. The van der Waals surface area contributed by atoms with E-state index in [4.69, 9.17) is 11.6 Å². The van der Waals surface area contributed by atoms with Gasteiger partial charge in [-0.15, -0.1) is 0 Å². The summed E-state index contributed by atoms with van der Waals surface area (Å²) >= 11 is 7.89. The monoisotopic (exact) mass is 336 g/mol. The summed E-state index contributed by atoms with van der Waals surface area (Å²) in [6.45, 7) is 0. The fourth-order valence-electron chi connectivity index (χ4n) is 2.78. The first-order valence-electron chi connectivity index (χ1n) is 7.30. The molecule has 112 valence electrons. The minimum Gasteiger partial charge on any atom is -0.506 e. The highest BCUT2D eigenvalue weighted by Crippen LogP contribution is 2.42. The van der Waals surface area contributed by atoms with Gasteiger partial charge in [0.1, 0.15) is 5.75 Å². The predicted molar refractivity (Wildman–Crippen MR) is 98.7 cm³/mol. The van der Waals surface area contributed by atoms with Gasteiger partial charge in [0.05, 0.1) is 5.02 Å². The van der Waals surface area contributed by atoms with E-state index < -0.39 is 0 Å². The number of fused-ring (bicyclic) bond motifs is 2. The first kappa shape index (κ1) is 14.4. The summed E-state index contributed by atoms with van der Waals surface area (Å²) in [5.41, 5.74) is 0. The Bertz CT molecular complexity index is 1020. The molecular formula is C20H13ClOS. The van der Waals surface area contributed by atoms with Gasteiger partial charge in [0.2, 0.25) is 0 Å². The van der Waals surface area contributed by atoms with Gasteiger partial charge in [-0.1, -0.05) is 84.0 Å². The molecule has 0 saturated heterocycles. The molecule has 0 aliphatic rings. The summed E-state index contributed by atoms with van der Waals surface area (Å²) in [6, 6.07) is 24.3. The molecule has 4 rings (SSSR count). The Morgan fingerprint density at radius 3 is 2.17 bits per heavy atom. The summed E-state index contributed by atoms with van der Waals surface area (Å²) in [5.74, 6) is 0.143. The van der Waals surface area contributed by atoms with E-state index in [0.717, 1.165) is 15.7 Å². The second kappa shape index (κ2) is 5.80. The SMILES string of the molecule is Oc1c(Cl)cc(Sc2cccc3ccccc23)c2ccccc12. The van der Waals surface area contributed by atoms with Crippen LogP contribution in [0.5, 0.6) is 5.75 Å². The van der Waals surface area contributed by atoms with Crippen LogP contribution in [0.1, 0.15) is 0 Å². The second-order valence-electron chi connectivity index (χ2n) is 5.33. The molecule has 0 bridgehead atoms. The number of hydrogen-bond donors (Lipinski definition) is 1. The molecular weight excluding hydrogens is 324 g/mol. The average molecular weight is 337 g/mol. The maximum absolute atomic E-state index is 10.2. The molecule has 3 heteroatoms. The zero-order valence-electron chi connectivity index (χ0n) is 12.2. The topological polar surface area (TPSA) is 20.2 Å². The van der Waals surface area contributed by atoms with Crippen molar-refractivity contribution in [3.05, 3.63) is 77.8 Å². The Morgan fingerprint density at radius 2 is 1.35 bits per heavy atom. The van der Waals surface area contributed by atoms with Crippen LogP contribution in [0.3, 0.4) is 0 Å². The number of phenols is 1. The van der Waals surface area contributed by atoms with Gasteiger partial charge < -0.3 is 5.11 Å². The quantitative estimate of drug-likeness (QED) is 0.450. The van der Waals surface area contributed by atoms with Gasteiger partial charge >= 0.3 is 0 Å². The number of halogens is 1. The van der Waals surface area contributed by atoms with Crippen LogP contribution < -0.4 is 0 Å². The number of benzene rings is 4. The molecule has 0 amide bonds. The highest BCUT2D eigenvalue weighted by atomic mass is 35.5. The van der Waals surface area contributed by atoms with Gasteiger partial charge in [0, 0.05) is 15.2 Å². The lowest BCUT2D eigenvalue weighted by Gasteiger charge is -2.11. The molecule has 0 fully saturated rings. The van der Waals surface area contributed by atoms with Crippen LogP contribution in [0.4, 0.5) is 0 Å². The molecule has 0 radical (unpaired) electrons. The lowest BCUT2D eigenvalue weighted by atomic mass is 10.1. The van der Waals surface area contributed by atoms with Crippen LogP contribution >= 0.6 is 23.4 Å². The summed E-state index contributed by atoms with van der Waals surface area (Å²) in [4.78, 5) is 2.22. The van der Waals surface area contributed by atoms with Gasteiger partial charge in [-0.3, -0.25) is 0 Å². The van der Waals surface area contributed by atoms with E-state index >= 15 is 0 Å². The fraction of sp³-hybridized carbons (Fsp3) is 0. The Labute approximate surface area is 143 Å². The normalized spacial score (nSPS) is 11.2. The van der Waals surface area contributed by atoms with Crippen molar-refractivity contribution in [2.24, 2.45) is 0 Å². The maximum atomic E-state index is 10.2. The number of phenolic OH excluding ortho intramolecular Hbond substituents is 1. The van der Waals surface area contributed by atoms with Crippen LogP contribution in [0.2, 0.25) is 5.02 Å². The van der Waals surface area contributed by atoms with Crippen molar-refractivity contribution >= 4 is 44.9 Å². The van der Waals surface area contributed by atoms with Gasteiger partial charge in [-0.25, -0.2) is 0 Å². The van der Waals surface area contributed by atoms with Crippen LogP contribution in [0, 0.1) is 0 Å². The van der Waals surface area contributed by atoms with Crippen LogP contribution in [-0.2, 0) is 0 Å². The summed E-state index contributed by atoms with van der Waals surface area (Å²) in [7, 11) is 0. The zero-order chi connectivity index (χ0) is 15.8. The van der Waals surface area contributed by atoms with Crippen molar-refractivity contribution in [2.75, 3.05) is 0 Å². The van der Waals surface area contributed by atoms with Crippen molar-refractivity contribution in [1.29, 1.82) is 0 Å². The van der Waals surface area contributed by atoms with E-state index in [1.807, 2.05) is 42.5 Å². The lowest BCUT2D eigenvalue weighted by molar-refractivity contribution is 0.481. The molecule has 23 heavy (non-hydrogen) atoms. The lowest BCUT2D eigenvalue weighted by Crippen LogP contribution is -1.82. The zero-order valence-corrected chi connectivity index (χ0v) is 13.7. The highest BCUT2D eigenvalue weighted by Gasteiger charge is 2.12. The molecule has 0 heterocycles. The molecule has 4 aromatic carbocycles. The first-order chi connectivity index (χ1) is 11.2. The van der Waals surface area contributed by atoms with Crippen LogP contribution in [0.25, 0.3) is 21.5 Å². The van der Waals surface area contributed by atoms with E-state index in [1.54, 1.807) is 11.8 Å². The number of rotatable bonds is 2. The molecule has 1 N–H and O–H groups in total. The number of aromatic hydroxyl groups is 1. The third-order valence-electron chi connectivity index (χ3n) is 3.90. The highest BCUT2D eigenvalue weighted by molar-refractivity contribution is 7.99. The third kappa shape index (κ3) is 2.54. The Morgan fingerprint density at radius 1 is 0.696 bits per heavy atom. The second-order valence-corrected chi connectivity index (χ2v) is 6.82. The van der Waals surface area contributed by atoms with Gasteiger partial charge in [0.15, 0.2) is 0 Å². The first-order valence-corrected chi connectivity index (χ1v) is 8.49. The Kier molecular flexibility index (Phi) is 3.64. The van der Waals surface area contributed by atoms with Crippen molar-refractivity contribution in [2.45, 2.75) is 9.79 Å². The minimum atomic E-state index is 0.143. The standard InChI is InChI=1S/C20H13ClOS/c21-17-12-19(15-9-3-4-10-16(15)20(17)22)23-18-11-5-7-13-6-1-2-8-14(13)18/h1-12,22H. The molecule has 1 nitrogen and oxygen atoms in total. The van der Waals surface area contributed by atoms with Crippen molar-refractivity contribution < 1.29 is 5.11 Å². The molecule has 0 spiro atoms. The summed E-state index contributed by atoms with van der Waals surface area (Å²) in [6.07, 6.45) is 0. The molecule has 4 aromatic rings. The minimum absolute atomic E-state index is 0.143. The predicted octanol–water partition coefficient (Wildman–Crippen LogP) is 6.50. The molecule has 0 aliphatic carbocycles. The molecule has 0 unspecified atom stereocenters. The smallest absolute Gasteiger partial charge is 0.142 e. The Hall–Kier alpha value is -2.16. The van der Waals surface area contributed by atoms with E-state index in [9.17, 15) is 5.11 Å². The average Bonchev–Trinajstić information content (AvgIpc) is 2.60. The summed E-state index contributed by atoms with van der Waals surface area (Å²) in [5, 5.41) is 14.8.